The molecule has 1 aliphatic carbocycles. The molecule has 212 valence electrons. The van der Waals surface area contributed by atoms with Gasteiger partial charge in [0.1, 0.15) is 11.6 Å². The first-order valence-electron chi connectivity index (χ1n) is 14.2. The summed E-state index contributed by atoms with van der Waals surface area (Å²) in [6.45, 7) is 0.789. The van der Waals surface area contributed by atoms with Crippen LogP contribution in [0.25, 0.3) is 10.1 Å². The van der Waals surface area contributed by atoms with Gasteiger partial charge >= 0.3 is 0 Å². The summed E-state index contributed by atoms with van der Waals surface area (Å²) in [4.78, 5) is 41.5. The summed E-state index contributed by atoms with van der Waals surface area (Å²) >= 11 is 1.42. The van der Waals surface area contributed by atoms with Crippen molar-refractivity contribution in [3.63, 3.8) is 0 Å². The number of hydrogen-bond acceptors (Lipinski definition) is 5. The fourth-order valence-corrected chi connectivity index (χ4v) is 6.36. The summed E-state index contributed by atoms with van der Waals surface area (Å²) in [6.07, 6.45) is 4.06. The van der Waals surface area contributed by atoms with E-state index in [0.717, 1.165) is 46.0 Å². The second-order valence-corrected chi connectivity index (χ2v) is 11.8. The molecule has 41 heavy (non-hydrogen) atoms. The van der Waals surface area contributed by atoms with Crippen molar-refractivity contribution in [2.45, 2.75) is 63.2 Å². The number of thiophene rings is 1. The molecule has 8 heteroatoms. The van der Waals surface area contributed by atoms with Crippen LogP contribution in [0.5, 0.6) is 0 Å². The SMILES string of the molecule is NCc1ccc(CNC(=O)[C@H](Cc2ccccc2)NC(=O)C2(NC(=O)c3cc4ccccc4s3)CCCCC2)cc1. The maximum absolute atomic E-state index is 14.0. The molecule has 0 unspecified atom stereocenters. The number of hydrogen-bond donors (Lipinski definition) is 4. The van der Waals surface area contributed by atoms with Crippen LogP contribution in [0.3, 0.4) is 0 Å². The van der Waals surface area contributed by atoms with E-state index >= 15 is 0 Å². The Morgan fingerprint density at radius 1 is 0.829 bits per heavy atom. The summed E-state index contributed by atoms with van der Waals surface area (Å²) in [7, 11) is 0. The van der Waals surface area contributed by atoms with E-state index in [1.165, 1.54) is 11.3 Å². The third kappa shape index (κ3) is 7.01. The monoisotopic (exact) mass is 568 g/mol. The van der Waals surface area contributed by atoms with Crippen LogP contribution in [-0.2, 0) is 29.1 Å². The molecule has 3 amide bonds. The van der Waals surface area contributed by atoms with E-state index in [0.29, 0.717) is 37.2 Å². The van der Waals surface area contributed by atoms with Crippen LogP contribution in [0.2, 0.25) is 0 Å². The highest BCUT2D eigenvalue weighted by atomic mass is 32.1. The van der Waals surface area contributed by atoms with Crippen molar-refractivity contribution in [3.8, 4) is 0 Å². The highest BCUT2D eigenvalue weighted by molar-refractivity contribution is 7.20. The molecule has 5 N–H and O–H groups in total. The minimum atomic E-state index is -1.07. The summed E-state index contributed by atoms with van der Waals surface area (Å²) in [6, 6.07) is 26.3. The molecule has 7 nitrogen and oxygen atoms in total. The molecule has 0 radical (unpaired) electrons. The number of rotatable bonds is 10. The maximum atomic E-state index is 14.0. The Kier molecular flexibility index (Phi) is 9.11. The van der Waals surface area contributed by atoms with Crippen molar-refractivity contribution in [1.29, 1.82) is 0 Å². The highest BCUT2D eigenvalue weighted by Gasteiger charge is 2.42. The van der Waals surface area contributed by atoms with E-state index < -0.39 is 11.6 Å². The van der Waals surface area contributed by atoms with E-state index in [1.807, 2.05) is 84.9 Å². The lowest BCUT2D eigenvalue weighted by Gasteiger charge is -2.37. The first-order valence-corrected chi connectivity index (χ1v) is 15.0. The second kappa shape index (κ2) is 13.1. The first-order chi connectivity index (χ1) is 20.0. The zero-order chi connectivity index (χ0) is 28.7. The average molecular weight is 569 g/mol. The van der Waals surface area contributed by atoms with Crippen molar-refractivity contribution >= 4 is 39.1 Å². The standard InChI is InChI=1S/C33H36N4O3S/c34-21-24-13-15-25(16-14-24)22-35-30(38)27(19-23-9-3-1-4-10-23)36-32(40)33(17-7-2-8-18-33)37-31(39)29-20-26-11-5-6-12-28(26)41-29/h1,3-6,9-16,20,27H,2,7-8,17-19,21-22,34H2,(H,35,38)(H,36,40)(H,37,39)/t27-/m0/s1. The largest absolute Gasteiger partial charge is 0.350 e. The van der Waals surface area contributed by atoms with Crippen LogP contribution in [0.1, 0.15) is 58.5 Å². The van der Waals surface area contributed by atoms with Gasteiger partial charge in [-0.05, 0) is 47.1 Å². The number of carbonyl (C=O) groups is 3. The lowest BCUT2D eigenvalue weighted by atomic mass is 9.80. The van der Waals surface area contributed by atoms with Crippen LogP contribution in [0.15, 0.2) is 84.9 Å². The summed E-state index contributed by atoms with van der Waals surface area (Å²) < 4.78 is 1.03. The number of amides is 3. The Morgan fingerprint density at radius 2 is 1.51 bits per heavy atom. The molecule has 3 aromatic carbocycles. The molecule has 1 saturated carbocycles. The quantitative estimate of drug-likeness (QED) is 0.219. The molecular formula is C33H36N4O3S. The average Bonchev–Trinajstić information content (AvgIpc) is 3.45. The number of benzene rings is 3. The molecule has 4 aromatic rings. The molecule has 1 atom stereocenters. The molecule has 1 heterocycles. The Bertz CT molecular complexity index is 1460. The Morgan fingerprint density at radius 3 is 2.22 bits per heavy atom. The molecule has 0 spiro atoms. The van der Waals surface area contributed by atoms with Gasteiger partial charge in [-0.1, -0.05) is 92.1 Å². The van der Waals surface area contributed by atoms with Gasteiger partial charge < -0.3 is 21.7 Å². The minimum absolute atomic E-state index is 0.256. The van der Waals surface area contributed by atoms with Gasteiger partial charge in [0, 0.05) is 24.2 Å². The van der Waals surface area contributed by atoms with E-state index in [9.17, 15) is 14.4 Å². The second-order valence-electron chi connectivity index (χ2n) is 10.7. The molecule has 1 aromatic heterocycles. The van der Waals surface area contributed by atoms with Crippen LogP contribution in [-0.4, -0.2) is 29.3 Å². The molecule has 0 saturated heterocycles. The number of carbonyl (C=O) groups excluding carboxylic acids is 3. The van der Waals surface area contributed by atoms with Gasteiger partial charge in [-0.25, -0.2) is 0 Å². The third-order valence-corrected chi connectivity index (χ3v) is 8.89. The number of fused-ring (bicyclic) bond motifs is 1. The predicted octanol–water partition coefficient (Wildman–Crippen LogP) is 4.84. The van der Waals surface area contributed by atoms with Gasteiger partial charge in [0.05, 0.1) is 4.88 Å². The van der Waals surface area contributed by atoms with Gasteiger partial charge in [-0.15, -0.1) is 11.3 Å². The van der Waals surface area contributed by atoms with Crippen LogP contribution < -0.4 is 21.7 Å². The zero-order valence-electron chi connectivity index (χ0n) is 23.0. The summed E-state index contributed by atoms with van der Waals surface area (Å²) in [5.41, 5.74) is 7.53. The number of nitrogens with two attached hydrogens (primary N) is 1. The van der Waals surface area contributed by atoms with Gasteiger partial charge in [0.2, 0.25) is 11.8 Å². The van der Waals surface area contributed by atoms with Gasteiger partial charge in [0.15, 0.2) is 0 Å². The maximum Gasteiger partial charge on any atom is 0.262 e. The highest BCUT2D eigenvalue weighted by Crippen LogP contribution is 2.31. The normalized spacial score (nSPS) is 15.1. The smallest absolute Gasteiger partial charge is 0.262 e. The fraction of sp³-hybridized carbons (Fsp3) is 0.303. The van der Waals surface area contributed by atoms with E-state index in [2.05, 4.69) is 16.0 Å². The van der Waals surface area contributed by atoms with Crippen LogP contribution in [0.4, 0.5) is 0 Å². The third-order valence-electron chi connectivity index (χ3n) is 7.77. The van der Waals surface area contributed by atoms with Gasteiger partial charge in [0.25, 0.3) is 5.91 Å². The van der Waals surface area contributed by atoms with E-state index in [1.54, 1.807) is 0 Å². The summed E-state index contributed by atoms with van der Waals surface area (Å²) in [5.74, 6) is -0.838. The molecule has 0 bridgehead atoms. The molecule has 1 aliphatic rings. The van der Waals surface area contributed by atoms with Crippen molar-refractivity contribution in [2.75, 3.05) is 0 Å². The molecule has 0 aliphatic heterocycles. The van der Waals surface area contributed by atoms with E-state index in [-0.39, 0.29) is 17.7 Å². The van der Waals surface area contributed by atoms with Crippen molar-refractivity contribution in [1.82, 2.24) is 16.0 Å². The van der Waals surface area contributed by atoms with Crippen LogP contribution in [0, 0.1) is 0 Å². The lowest BCUT2D eigenvalue weighted by molar-refractivity contribution is -0.133. The zero-order valence-corrected chi connectivity index (χ0v) is 23.8. The minimum Gasteiger partial charge on any atom is -0.350 e. The topological polar surface area (TPSA) is 113 Å². The van der Waals surface area contributed by atoms with Crippen molar-refractivity contribution in [3.05, 3.63) is 106 Å². The molecular weight excluding hydrogens is 532 g/mol. The molecule has 1 fully saturated rings. The predicted molar refractivity (Wildman–Crippen MR) is 163 cm³/mol. The first kappa shape index (κ1) is 28.5. The van der Waals surface area contributed by atoms with Crippen molar-refractivity contribution in [2.24, 2.45) is 5.73 Å². The Balaban J connectivity index is 1.33. The Labute approximate surface area is 244 Å². The van der Waals surface area contributed by atoms with Crippen LogP contribution >= 0.6 is 11.3 Å². The molecule has 5 rings (SSSR count). The van der Waals surface area contributed by atoms with Crippen molar-refractivity contribution < 1.29 is 14.4 Å². The Hall–Kier alpha value is -4.01. The van der Waals surface area contributed by atoms with E-state index in [4.69, 9.17) is 5.73 Å². The summed E-state index contributed by atoms with van der Waals surface area (Å²) in [5, 5.41) is 10.1. The number of nitrogens with one attached hydrogen (secondary N) is 3. The van der Waals surface area contributed by atoms with Gasteiger partial charge in [-0.2, -0.15) is 0 Å². The van der Waals surface area contributed by atoms with Gasteiger partial charge in [-0.3, -0.25) is 14.4 Å². The fourth-order valence-electron chi connectivity index (χ4n) is 5.40. The lowest BCUT2D eigenvalue weighted by Crippen LogP contribution is -2.62.